The van der Waals surface area contributed by atoms with Gasteiger partial charge in [0, 0.05) is 0 Å². The molecule has 92 valence electrons. The van der Waals surface area contributed by atoms with Gasteiger partial charge in [0.05, 0.1) is 17.6 Å². The van der Waals surface area contributed by atoms with Crippen molar-refractivity contribution in [2.24, 2.45) is 17.3 Å². The Labute approximate surface area is 106 Å². The number of hydrogen-bond donors (Lipinski definition) is 1. The van der Waals surface area contributed by atoms with Crippen molar-refractivity contribution in [1.29, 1.82) is 5.26 Å². The predicted octanol–water partition coefficient (Wildman–Crippen LogP) is 2.95. The number of benzene rings is 1. The molecule has 3 nitrogen and oxygen atoms in total. The molecule has 18 heavy (non-hydrogen) atoms. The molecule has 1 aliphatic rings. The number of hydrogen-bond acceptors (Lipinski definition) is 2. The highest BCUT2D eigenvalue weighted by Gasteiger charge is 2.61. The molecule has 0 spiro atoms. The molecule has 2 rings (SSSR count). The quantitative estimate of drug-likeness (QED) is 0.827. The normalized spacial score (nSPS) is 25.3. The van der Waals surface area contributed by atoms with E-state index < -0.39 is 5.97 Å². The number of allylic oxidation sites excluding steroid dienone is 2. The third-order valence-corrected chi connectivity index (χ3v) is 3.73. The van der Waals surface area contributed by atoms with E-state index in [2.05, 4.69) is 6.07 Å². The lowest BCUT2D eigenvalue weighted by atomic mass is 10.0. The highest BCUT2D eigenvalue weighted by molar-refractivity contribution is 5.81. The van der Waals surface area contributed by atoms with Gasteiger partial charge in [0.15, 0.2) is 0 Å². The lowest BCUT2D eigenvalue weighted by Crippen LogP contribution is -2.03. The molecule has 0 aromatic heterocycles. The van der Waals surface area contributed by atoms with Crippen LogP contribution in [-0.4, -0.2) is 11.1 Å². The second kappa shape index (κ2) is 4.30. The first kappa shape index (κ1) is 12.4. The summed E-state index contributed by atoms with van der Waals surface area (Å²) in [6.07, 6.45) is 1.80. The molecule has 1 saturated carbocycles. The fraction of sp³-hybridized carbons (Fsp3) is 0.333. The highest BCUT2D eigenvalue weighted by atomic mass is 16.4. The van der Waals surface area contributed by atoms with E-state index in [0.717, 1.165) is 5.56 Å². The van der Waals surface area contributed by atoms with Gasteiger partial charge >= 0.3 is 5.97 Å². The van der Waals surface area contributed by atoms with Gasteiger partial charge in [-0.3, -0.25) is 4.79 Å². The van der Waals surface area contributed by atoms with Crippen LogP contribution in [0.1, 0.15) is 19.4 Å². The maximum Gasteiger partial charge on any atom is 0.307 e. The minimum atomic E-state index is -0.786. The van der Waals surface area contributed by atoms with Gasteiger partial charge in [0.1, 0.15) is 0 Å². The molecule has 1 aliphatic carbocycles. The first-order valence-electron chi connectivity index (χ1n) is 5.88. The Morgan fingerprint density at radius 2 is 2.00 bits per heavy atom. The van der Waals surface area contributed by atoms with E-state index in [1.54, 1.807) is 6.08 Å². The Bertz CT molecular complexity index is 537. The monoisotopic (exact) mass is 241 g/mol. The molecule has 0 amide bonds. The molecule has 0 bridgehead atoms. The zero-order valence-electron chi connectivity index (χ0n) is 10.4. The largest absolute Gasteiger partial charge is 0.481 e. The van der Waals surface area contributed by atoms with Crippen LogP contribution in [0.15, 0.2) is 36.4 Å². The smallest absolute Gasteiger partial charge is 0.307 e. The molecule has 0 aliphatic heterocycles. The van der Waals surface area contributed by atoms with Crippen LogP contribution in [0.5, 0.6) is 0 Å². The van der Waals surface area contributed by atoms with Gasteiger partial charge in [0.2, 0.25) is 0 Å². The maximum atomic E-state index is 11.1. The van der Waals surface area contributed by atoms with E-state index in [1.165, 1.54) is 0 Å². The van der Waals surface area contributed by atoms with E-state index in [9.17, 15) is 10.1 Å². The average molecular weight is 241 g/mol. The fourth-order valence-corrected chi connectivity index (χ4v) is 2.46. The first-order valence-corrected chi connectivity index (χ1v) is 5.88. The standard InChI is InChI=1S/C15H15NO2/c1-15(2)12(13(15)14(17)18)8-11(9-16)10-6-4-3-5-7-10/h3-8,12-13H,1-2H3,(H,17,18)/b11-8-/t12-,13+/m0/s1. The predicted molar refractivity (Wildman–Crippen MR) is 68.4 cm³/mol. The number of carboxylic acid groups (broad SMARTS) is 1. The Morgan fingerprint density at radius 3 is 2.44 bits per heavy atom. The zero-order chi connectivity index (χ0) is 13.3. The fourth-order valence-electron chi connectivity index (χ4n) is 2.46. The SMILES string of the molecule is CC1(C)[C@@H](/C=C(/C#N)c2ccccc2)[C@@H]1C(=O)O. The number of nitriles is 1. The van der Waals surface area contributed by atoms with Crippen LogP contribution < -0.4 is 0 Å². The van der Waals surface area contributed by atoms with Crippen molar-refractivity contribution in [3.8, 4) is 6.07 Å². The molecule has 2 atom stereocenters. The molecule has 0 heterocycles. The molecule has 1 N–H and O–H groups in total. The molecule has 1 fully saturated rings. The van der Waals surface area contributed by atoms with Crippen molar-refractivity contribution in [2.45, 2.75) is 13.8 Å². The van der Waals surface area contributed by atoms with E-state index in [1.807, 2.05) is 44.2 Å². The van der Waals surface area contributed by atoms with Crippen molar-refractivity contribution in [2.75, 3.05) is 0 Å². The summed E-state index contributed by atoms with van der Waals surface area (Å²) >= 11 is 0. The van der Waals surface area contributed by atoms with Gasteiger partial charge in [-0.1, -0.05) is 50.3 Å². The number of nitrogens with zero attached hydrogens (tertiary/aromatic N) is 1. The highest BCUT2D eigenvalue weighted by Crippen LogP contribution is 2.59. The lowest BCUT2D eigenvalue weighted by molar-refractivity contribution is -0.139. The second-order valence-electron chi connectivity index (χ2n) is 5.22. The number of aliphatic carboxylic acids is 1. The van der Waals surface area contributed by atoms with Gasteiger partial charge in [-0.25, -0.2) is 0 Å². The molecule has 3 heteroatoms. The van der Waals surface area contributed by atoms with Crippen LogP contribution >= 0.6 is 0 Å². The topological polar surface area (TPSA) is 61.1 Å². The number of carboxylic acids is 1. The minimum absolute atomic E-state index is 0.0649. The summed E-state index contributed by atoms with van der Waals surface area (Å²) in [6.45, 7) is 3.85. The third kappa shape index (κ3) is 2.02. The van der Waals surface area contributed by atoms with Gasteiger partial charge in [0.25, 0.3) is 0 Å². The first-order chi connectivity index (χ1) is 8.48. The Morgan fingerprint density at radius 1 is 1.39 bits per heavy atom. The summed E-state index contributed by atoms with van der Waals surface area (Å²) in [5.41, 5.74) is 1.13. The molecular formula is C15H15NO2. The van der Waals surface area contributed by atoms with Crippen LogP contribution in [0.4, 0.5) is 0 Å². The van der Waals surface area contributed by atoms with Crippen molar-refractivity contribution in [3.05, 3.63) is 42.0 Å². The summed E-state index contributed by atoms with van der Waals surface area (Å²) in [5, 5.41) is 18.3. The summed E-state index contributed by atoms with van der Waals surface area (Å²) in [5.74, 6) is -1.24. The molecule has 1 aromatic carbocycles. The van der Waals surface area contributed by atoms with Gasteiger partial charge in [-0.05, 0) is 16.9 Å². The summed E-state index contributed by atoms with van der Waals surface area (Å²) < 4.78 is 0. The Kier molecular flexibility index (Phi) is 2.96. The van der Waals surface area contributed by atoms with Crippen LogP contribution in [0.2, 0.25) is 0 Å². The summed E-state index contributed by atoms with van der Waals surface area (Å²) in [7, 11) is 0. The molecule has 1 aromatic rings. The van der Waals surface area contributed by atoms with Crippen molar-refractivity contribution in [1.82, 2.24) is 0 Å². The van der Waals surface area contributed by atoms with Crippen LogP contribution in [0.25, 0.3) is 5.57 Å². The molecule has 0 unspecified atom stereocenters. The van der Waals surface area contributed by atoms with Crippen molar-refractivity contribution in [3.63, 3.8) is 0 Å². The second-order valence-corrected chi connectivity index (χ2v) is 5.22. The van der Waals surface area contributed by atoms with E-state index in [4.69, 9.17) is 5.11 Å². The molecule has 0 radical (unpaired) electrons. The summed E-state index contributed by atoms with van der Waals surface area (Å²) in [6, 6.07) is 11.5. The maximum absolute atomic E-state index is 11.1. The van der Waals surface area contributed by atoms with E-state index >= 15 is 0 Å². The van der Waals surface area contributed by atoms with Gasteiger partial charge in [-0.15, -0.1) is 0 Å². The van der Waals surface area contributed by atoms with E-state index in [0.29, 0.717) is 5.57 Å². The Balaban J connectivity index is 2.29. The van der Waals surface area contributed by atoms with Crippen molar-refractivity contribution >= 4 is 11.5 Å². The van der Waals surface area contributed by atoms with Crippen molar-refractivity contribution < 1.29 is 9.90 Å². The average Bonchev–Trinajstić information content (AvgIpc) is 2.89. The molecular weight excluding hydrogens is 226 g/mol. The zero-order valence-corrected chi connectivity index (χ0v) is 10.4. The minimum Gasteiger partial charge on any atom is -0.481 e. The van der Waals surface area contributed by atoms with Crippen LogP contribution in [-0.2, 0) is 4.79 Å². The third-order valence-electron chi connectivity index (χ3n) is 3.73. The summed E-state index contributed by atoms with van der Waals surface area (Å²) in [4.78, 5) is 11.1. The van der Waals surface area contributed by atoms with E-state index in [-0.39, 0.29) is 17.3 Å². The Hall–Kier alpha value is -2.08. The number of carbonyl (C=O) groups is 1. The number of rotatable bonds is 3. The van der Waals surface area contributed by atoms with Gasteiger partial charge < -0.3 is 5.11 Å². The van der Waals surface area contributed by atoms with Gasteiger partial charge in [-0.2, -0.15) is 5.26 Å². The van der Waals surface area contributed by atoms with Crippen LogP contribution in [0, 0.1) is 28.6 Å². The lowest BCUT2D eigenvalue weighted by Gasteiger charge is -2.00. The molecule has 0 saturated heterocycles. The van der Waals surface area contributed by atoms with Crippen LogP contribution in [0.3, 0.4) is 0 Å².